The lowest BCUT2D eigenvalue weighted by atomic mass is 10.0. The Morgan fingerprint density at radius 1 is 1.26 bits per heavy atom. The third kappa shape index (κ3) is 5.08. The van der Waals surface area contributed by atoms with E-state index < -0.39 is 29.3 Å². The number of hydrogen-bond donors (Lipinski definition) is 2. The number of aliphatic carboxylic acids is 1. The molecule has 2 aromatic carbocycles. The molecule has 0 aliphatic carbocycles. The lowest BCUT2D eigenvalue weighted by molar-refractivity contribution is -0.384. The van der Waals surface area contributed by atoms with E-state index in [9.17, 15) is 19.7 Å². The Bertz CT molecular complexity index is 903. The summed E-state index contributed by atoms with van der Waals surface area (Å²) >= 11 is 12.0. The predicted molar refractivity (Wildman–Crippen MR) is 98.6 cm³/mol. The van der Waals surface area contributed by atoms with Crippen LogP contribution >= 0.6 is 23.2 Å². The maximum Gasteiger partial charge on any atom is 0.305 e. The zero-order chi connectivity index (χ0) is 20.1. The molecule has 0 spiro atoms. The van der Waals surface area contributed by atoms with E-state index in [1.807, 2.05) is 0 Å². The molecule has 0 aliphatic heterocycles. The maximum absolute atomic E-state index is 12.7. The van der Waals surface area contributed by atoms with Crippen molar-refractivity contribution in [1.29, 1.82) is 0 Å². The molecule has 0 heterocycles. The first-order valence-electron chi connectivity index (χ1n) is 7.53. The van der Waals surface area contributed by atoms with E-state index in [0.29, 0.717) is 0 Å². The summed E-state index contributed by atoms with van der Waals surface area (Å²) in [4.78, 5) is 34.2. The predicted octanol–water partition coefficient (Wildman–Crippen LogP) is 3.86. The number of carboxylic acids is 1. The average molecular weight is 413 g/mol. The van der Waals surface area contributed by atoms with Gasteiger partial charge in [0.2, 0.25) is 0 Å². The van der Waals surface area contributed by atoms with Crippen molar-refractivity contribution in [3.8, 4) is 5.75 Å². The summed E-state index contributed by atoms with van der Waals surface area (Å²) in [5, 5.41) is 23.1. The number of halogens is 2. The van der Waals surface area contributed by atoms with Crippen molar-refractivity contribution in [2.75, 3.05) is 7.11 Å². The van der Waals surface area contributed by atoms with Crippen molar-refractivity contribution < 1.29 is 24.4 Å². The number of hydrogen-bond acceptors (Lipinski definition) is 5. The van der Waals surface area contributed by atoms with Crippen LogP contribution in [0.2, 0.25) is 10.0 Å². The van der Waals surface area contributed by atoms with Crippen LogP contribution in [0, 0.1) is 10.1 Å². The van der Waals surface area contributed by atoms with Gasteiger partial charge in [-0.1, -0.05) is 23.2 Å². The van der Waals surface area contributed by atoms with Gasteiger partial charge in [-0.05, 0) is 24.3 Å². The minimum atomic E-state index is -1.22. The lowest BCUT2D eigenvalue weighted by Gasteiger charge is -2.19. The monoisotopic (exact) mass is 412 g/mol. The lowest BCUT2D eigenvalue weighted by Crippen LogP contribution is -2.30. The number of nitrogens with zero attached hydrogens (tertiary/aromatic N) is 1. The van der Waals surface area contributed by atoms with E-state index >= 15 is 0 Å². The quantitative estimate of drug-likeness (QED) is 0.526. The SMILES string of the molecule is COc1ccc(Cl)cc1C(=O)N[C@@H](CC(=O)O)c1cc([N+](=O)[O-])ccc1Cl. The summed E-state index contributed by atoms with van der Waals surface area (Å²) in [5.74, 6) is -1.65. The third-order valence-electron chi connectivity index (χ3n) is 3.66. The highest BCUT2D eigenvalue weighted by Crippen LogP contribution is 2.30. The number of carboxylic acid groups (broad SMARTS) is 1. The van der Waals surface area contributed by atoms with Gasteiger partial charge in [-0.25, -0.2) is 0 Å². The van der Waals surface area contributed by atoms with Gasteiger partial charge in [0.25, 0.3) is 11.6 Å². The molecule has 0 aromatic heterocycles. The molecule has 27 heavy (non-hydrogen) atoms. The molecule has 2 rings (SSSR count). The van der Waals surface area contributed by atoms with Crippen LogP contribution < -0.4 is 10.1 Å². The molecular formula is C17H14Cl2N2O6. The smallest absolute Gasteiger partial charge is 0.305 e. The number of amides is 1. The molecule has 0 saturated heterocycles. The Labute approximate surface area is 163 Å². The second-order valence-electron chi connectivity index (χ2n) is 5.43. The zero-order valence-electron chi connectivity index (χ0n) is 13.9. The number of carbonyl (C=O) groups is 2. The van der Waals surface area contributed by atoms with E-state index in [2.05, 4.69) is 5.32 Å². The molecule has 0 aliphatic rings. The normalized spacial score (nSPS) is 11.5. The fraction of sp³-hybridized carbons (Fsp3) is 0.176. The van der Waals surface area contributed by atoms with Crippen molar-refractivity contribution in [2.45, 2.75) is 12.5 Å². The minimum absolute atomic E-state index is 0.0851. The number of nitro groups is 1. The Kier molecular flexibility index (Phi) is 6.59. The second-order valence-corrected chi connectivity index (χ2v) is 6.28. The van der Waals surface area contributed by atoms with Crippen molar-refractivity contribution >= 4 is 40.8 Å². The molecular weight excluding hydrogens is 399 g/mol. The van der Waals surface area contributed by atoms with Gasteiger partial charge in [0, 0.05) is 27.7 Å². The van der Waals surface area contributed by atoms with Gasteiger partial charge >= 0.3 is 5.97 Å². The summed E-state index contributed by atoms with van der Waals surface area (Å²) in [6, 6.07) is 6.87. The summed E-state index contributed by atoms with van der Waals surface area (Å²) in [5.41, 5.74) is -0.0797. The van der Waals surface area contributed by atoms with E-state index in [4.69, 9.17) is 33.0 Å². The number of ether oxygens (including phenoxy) is 1. The van der Waals surface area contributed by atoms with Gasteiger partial charge in [-0.3, -0.25) is 19.7 Å². The molecule has 1 amide bonds. The van der Waals surface area contributed by atoms with Gasteiger partial charge in [-0.2, -0.15) is 0 Å². The molecule has 142 valence electrons. The number of methoxy groups -OCH3 is 1. The first kappa shape index (κ1) is 20.5. The van der Waals surface area contributed by atoms with Crippen LogP contribution in [-0.4, -0.2) is 29.0 Å². The molecule has 10 heteroatoms. The molecule has 0 radical (unpaired) electrons. The molecule has 0 bridgehead atoms. The van der Waals surface area contributed by atoms with E-state index in [0.717, 1.165) is 6.07 Å². The summed E-state index contributed by atoms with van der Waals surface area (Å²) in [6.45, 7) is 0. The summed E-state index contributed by atoms with van der Waals surface area (Å²) in [6.07, 6.45) is -0.532. The first-order valence-corrected chi connectivity index (χ1v) is 8.28. The highest BCUT2D eigenvalue weighted by Gasteiger charge is 2.24. The van der Waals surface area contributed by atoms with Crippen LogP contribution in [0.1, 0.15) is 28.4 Å². The Hall–Kier alpha value is -2.84. The number of rotatable bonds is 7. The number of nitrogens with one attached hydrogen (secondary N) is 1. The molecule has 0 saturated carbocycles. The molecule has 2 aromatic rings. The largest absolute Gasteiger partial charge is 0.496 e. The van der Waals surface area contributed by atoms with Crippen LogP contribution in [0.4, 0.5) is 5.69 Å². The van der Waals surface area contributed by atoms with Crippen LogP contribution in [0.3, 0.4) is 0 Å². The van der Waals surface area contributed by atoms with Crippen molar-refractivity contribution in [2.24, 2.45) is 0 Å². The van der Waals surface area contributed by atoms with Crippen molar-refractivity contribution in [3.05, 3.63) is 67.7 Å². The molecule has 1 atom stereocenters. The van der Waals surface area contributed by atoms with Crippen LogP contribution in [0.25, 0.3) is 0 Å². The number of nitro benzene ring substituents is 1. The van der Waals surface area contributed by atoms with Gasteiger partial charge in [0.15, 0.2) is 0 Å². The van der Waals surface area contributed by atoms with Gasteiger partial charge in [-0.15, -0.1) is 0 Å². The summed E-state index contributed by atoms with van der Waals surface area (Å²) in [7, 11) is 1.37. The zero-order valence-corrected chi connectivity index (χ0v) is 15.5. The van der Waals surface area contributed by atoms with E-state index in [1.54, 1.807) is 0 Å². The maximum atomic E-state index is 12.7. The second kappa shape index (κ2) is 8.70. The fourth-order valence-corrected chi connectivity index (χ4v) is 2.84. The van der Waals surface area contributed by atoms with Crippen LogP contribution in [0.5, 0.6) is 5.75 Å². The Balaban J connectivity index is 2.42. The standard InChI is InChI=1S/C17H14Cl2N2O6/c1-27-15-5-2-9(18)6-12(15)17(24)20-14(8-16(22)23)11-7-10(21(25)26)3-4-13(11)19/h2-7,14H,8H2,1H3,(H,20,24)(H,22,23)/t14-/m0/s1. The Morgan fingerprint density at radius 3 is 2.56 bits per heavy atom. The first-order chi connectivity index (χ1) is 12.7. The average Bonchev–Trinajstić information content (AvgIpc) is 2.60. The molecule has 2 N–H and O–H groups in total. The topological polar surface area (TPSA) is 119 Å². The molecule has 8 nitrogen and oxygen atoms in total. The molecule has 0 fully saturated rings. The van der Waals surface area contributed by atoms with Gasteiger partial charge < -0.3 is 15.2 Å². The van der Waals surface area contributed by atoms with E-state index in [1.165, 1.54) is 37.4 Å². The Morgan fingerprint density at radius 2 is 1.96 bits per heavy atom. The molecule has 0 unspecified atom stereocenters. The fourth-order valence-electron chi connectivity index (χ4n) is 2.42. The number of benzene rings is 2. The van der Waals surface area contributed by atoms with Crippen LogP contribution in [0.15, 0.2) is 36.4 Å². The minimum Gasteiger partial charge on any atom is -0.496 e. The number of non-ortho nitro benzene ring substituents is 1. The van der Waals surface area contributed by atoms with Crippen molar-refractivity contribution in [1.82, 2.24) is 5.32 Å². The van der Waals surface area contributed by atoms with E-state index in [-0.39, 0.29) is 32.6 Å². The van der Waals surface area contributed by atoms with Gasteiger partial charge in [0.05, 0.1) is 30.1 Å². The highest BCUT2D eigenvalue weighted by atomic mass is 35.5. The van der Waals surface area contributed by atoms with Crippen LogP contribution in [-0.2, 0) is 4.79 Å². The van der Waals surface area contributed by atoms with Crippen molar-refractivity contribution in [3.63, 3.8) is 0 Å². The number of carbonyl (C=O) groups excluding carboxylic acids is 1. The highest BCUT2D eigenvalue weighted by molar-refractivity contribution is 6.31. The summed E-state index contributed by atoms with van der Waals surface area (Å²) < 4.78 is 5.11. The third-order valence-corrected chi connectivity index (χ3v) is 4.24. The van der Waals surface area contributed by atoms with Gasteiger partial charge in [0.1, 0.15) is 5.75 Å².